The molecule has 0 unspecified atom stereocenters. The van der Waals surface area contributed by atoms with E-state index in [0.717, 1.165) is 32.7 Å². The molecule has 0 N–H and O–H groups in total. The number of ether oxygens (including phenoxy) is 2. The van der Waals surface area contributed by atoms with Crippen LogP contribution >= 0.6 is 0 Å². The van der Waals surface area contributed by atoms with Crippen molar-refractivity contribution >= 4 is 12.0 Å². The molecular weight excluding hydrogens is 340 g/mol. The minimum absolute atomic E-state index is 0.0142. The molecule has 5 nitrogen and oxygen atoms in total. The molecule has 0 radical (unpaired) electrons. The van der Waals surface area contributed by atoms with Crippen LogP contribution in [0.4, 0.5) is 0 Å². The molecule has 0 atom stereocenters. The van der Waals surface area contributed by atoms with E-state index in [9.17, 15) is 4.79 Å². The van der Waals surface area contributed by atoms with E-state index in [4.69, 9.17) is 9.47 Å². The second-order valence-corrected chi connectivity index (χ2v) is 6.43. The summed E-state index contributed by atoms with van der Waals surface area (Å²) in [5.74, 6) is 1.25. The predicted octanol–water partition coefficient (Wildman–Crippen LogP) is 2.93. The van der Waals surface area contributed by atoms with Crippen molar-refractivity contribution in [1.29, 1.82) is 0 Å². The first-order valence-electron chi connectivity index (χ1n) is 9.24. The van der Waals surface area contributed by atoms with E-state index in [1.54, 1.807) is 7.11 Å². The molecule has 0 spiro atoms. The molecule has 0 saturated carbocycles. The van der Waals surface area contributed by atoms with Crippen molar-refractivity contribution in [2.24, 2.45) is 0 Å². The number of rotatable bonds is 7. The third-order valence-corrected chi connectivity index (χ3v) is 4.62. The average molecular weight is 366 g/mol. The fourth-order valence-corrected chi connectivity index (χ4v) is 3.05. The second-order valence-electron chi connectivity index (χ2n) is 6.43. The van der Waals surface area contributed by atoms with Gasteiger partial charge in [-0.05, 0) is 17.7 Å². The maximum Gasteiger partial charge on any atom is 0.260 e. The van der Waals surface area contributed by atoms with Crippen LogP contribution < -0.4 is 9.47 Å². The van der Waals surface area contributed by atoms with Crippen molar-refractivity contribution in [2.75, 3.05) is 46.4 Å². The highest BCUT2D eigenvalue weighted by molar-refractivity contribution is 5.78. The summed E-state index contributed by atoms with van der Waals surface area (Å²) in [6, 6.07) is 17.6. The Labute approximate surface area is 160 Å². The number of para-hydroxylation sites is 2. The topological polar surface area (TPSA) is 42.0 Å². The highest BCUT2D eigenvalue weighted by Gasteiger charge is 2.21. The Balaban J connectivity index is 1.40. The number of benzene rings is 2. The fourth-order valence-electron chi connectivity index (χ4n) is 3.05. The zero-order valence-electron chi connectivity index (χ0n) is 15.7. The summed E-state index contributed by atoms with van der Waals surface area (Å²) in [7, 11) is 1.59. The first-order chi connectivity index (χ1) is 13.3. The van der Waals surface area contributed by atoms with Crippen molar-refractivity contribution < 1.29 is 14.3 Å². The zero-order valence-corrected chi connectivity index (χ0v) is 15.7. The van der Waals surface area contributed by atoms with Gasteiger partial charge in [-0.25, -0.2) is 0 Å². The number of hydrogen-bond donors (Lipinski definition) is 0. The van der Waals surface area contributed by atoms with E-state index < -0.39 is 0 Å². The van der Waals surface area contributed by atoms with Gasteiger partial charge in [0.1, 0.15) is 0 Å². The number of nitrogens with zero attached hydrogens (tertiary/aromatic N) is 2. The van der Waals surface area contributed by atoms with E-state index in [2.05, 4.69) is 29.2 Å². The number of methoxy groups -OCH3 is 1. The first-order valence-corrected chi connectivity index (χ1v) is 9.24. The van der Waals surface area contributed by atoms with Gasteiger partial charge in [-0.1, -0.05) is 54.6 Å². The molecule has 3 rings (SSSR count). The largest absolute Gasteiger partial charge is 0.493 e. The summed E-state index contributed by atoms with van der Waals surface area (Å²) in [5.41, 5.74) is 1.21. The summed E-state index contributed by atoms with van der Waals surface area (Å²) in [6.45, 7) is 4.14. The number of carbonyl (C=O) groups is 1. The zero-order chi connectivity index (χ0) is 18.9. The van der Waals surface area contributed by atoms with Gasteiger partial charge in [0.2, 0.25) is 0 Å². The number of carbonyl (C=O) groups excluding carboxylic acids is 1. The Morgan fingerprint density at radius 1 is 0.963 bits per heavy atom. The fraction of sp³-hybridized carbons (Fsp3) is 0.318. The first kappa shape index (κ1) is 19.0. The lowest BCUT2D eigenvalue weighted by Gasteiger charge is -2.34. The monoisotopic (exact) mass is 366 g/mol. The Hall–Kier alpha value is -2.79. The van der Waals surface area contributed by atoms with Crippen LogP contribution in [-0.2, 0) is 4.79 Å². The van der Waals surface area contributed by atoms with E-state index in [0.29, 0.717) is 11.5 Å². The highest BCUT2D eigenvalue weighted by Crippen LogP contribution is 2.25. The molecule has 0 aromatic heterocycles. The minimum Gasteiger partial charge on any atom is -0.493 e. The van der Waals surface area contributed by atoms with E-state index in [-0.39, 0.29) is 12.5 Å². The molecule has 1 aliphatic heterocycles. The molecule has 27 heavy (non-hydrogen) atoms. The van der Waals surface area contributed by atoms with Crippen molar-refractivity contribution in [3.8, 4) is 11.5 Å². The van der Waals surface area contributed by atoms with Gasteiger partial charge in [-0.3, -0.25) is 9.69 Å². The van der Waals surface area contributed by atoms with Gasteiger partial charge in [0.15, 0.2) is 18.1 Å². The molecule has 1 fully saturated rings. The van der Waals surface area contributed by atoms with Gasteiger partial charge < -0.3 is 14.4 Å². The van der Waals surface area contributed by atoms with Crippen LogP contribution in [0.15, 0.2) is 60.7 Å². The van der Waals surface area contributed by atoms with Crippen molar-refractivity contribution in [3.63, 3.8) is 0 Å². The van der Waals surface area contributed by atoms with Gasteiger partial charge in [-0.2, -0.15) is 0 Å². The van der Waals surface area contributed by atoms with Gasteiger partial charge in [0.25, 0.3) is 5.91 Å². The van der Waals surface area contributed by atoms with Crippen molar-refractivity contribution in [2.45, 2.75) is 0 Å². The molecular formula is C22H26N2O3. The molecule has 1 heterocycles. The van der Waals surface area contributed by atoms with Crippen LogP contribution in [-0.4, -0.2) is 62.1 Å². The molecule has 1 amide bonds. The van der Waals surface area contributed by atoms with Gasteiger partial charge in [0.05, 0.1) is 7.11 Å². The van der Waals surface area contributed by atoms with Crippen LogP contribution in [0.3, 0.4) is 0 Å². The molecule has 0 bridgehead atoms. The standard InChI is InChI=1S/C22H26N2O3/c1-26-20-11-5-6-12-21(20)27-18-22(25)24-16-14-23(15-17-24)13-7-10-19-8-3-2-4-9-19/h2-12H,13-18H2,1H3. The van der Waals surface area contributed by atoms with Crippen molar-refractivity contribution in [3.05, 3.63) is 66.2 Å². The molecule has 1 saturated heterocycles. The second kappa shape index (κ2) is 9.78. The Kier molecular flexibility index (Phi) is 6.88. The lowest BCUT2D eigenvalue weighted by molar-refractivity contribution is -0.135. The predicted molar refractivity (Wildman–Crippen MR) is 107 cm³/mol. The van der Waals surface area contributed by atoms with E-state index in [1.807, 2.05) is 47.4 Å². The normalized spacial score (nSPS) is 15.1. The maximum atomic E-state index is 12.4. The molecule has 2 aromatic carbocycles. The van der Waals surface area contributed by atoms with Gasteiger partial charge in [-0.15, -0.1) is 0 Å². The molecule has 0 aliphatic carbocycles. The van der Waals surface area contributed by atoms with Crippen molar-refractivity contribution in [1.82, 2.24) is 9.80 Å². The van der Waals surface area contributed by atoms with Crippen LogP contribution in [0, 0.1) is 0 Å². The van der Waals surface area contributed by atoms with Crippen LogP contribution in [0.2, 0.25) is 0 Å². The minimum atomic E-state index is 0.0142. The maximum absolute atomic E-state index is 12.4. The van der Waals surface area contributed by atoms with Gasteiger partial charge in [0, 0.05) is 32.7 Å². The van der Waals surface area contributed by atoms with Crippen LogP contribution in [0.5, 0.6) is 11.5 Å². The number of hydrogen-bond acceptors (Lipinski definition) is 4. The molecule has 2 aromatic rings. The Morgan fingerprint density at radius 3 is 2.33 bits per heavy atom. The summed E-state index contributed by atoms with van der Waals surface area (Å²) in [6.07, 6.45) is 4.32. The Morgan fingerprint density at radius 2 is 1.63 bits per heavy atom. The van der Waals surface area contributed by atoms with Crippen LogP contribution in [0.25, 0.3) is 6.08 Å². The average Bonchev–Trinajstić information content (AvgIpc) is 2.73. The molecule has 142 valence electrons. The smallest absolute Gasteiger partial charge is 0.260 e. The molecule has 1 aliphatic rings. The van der Waals surface area contributed by atoms with Crippen LogP contribution in [0.1, 0.15) is 5.56 Å². The lowest BCUT2D eigenvalue weighted by Crippen LogP contribution is -2.49. The quantitative estimate of drug-likeness (QED) is 0.756. The van der Waals surface area contributed by atoms with Gasteiger partial charge >= 0.3 is 0 Å². The Bertz CT molecular complexity index is 753. The summed E-state index contributed by atoms with van der Waals surface area (Å²) in [5, 5.41) is 0. The SMILES string of the molecule is COc1ccccc1OCC(=O)N1CCN(CC=Cc2ccccc2)CC1. The molecule has 5 heteroatoms. The lowest BCUT2D eigenvalue weighted by atomic mass is 10.2. The number of piperazine rings is 1. The third kappa shape index (κ3) is 5.59. The number of amides is 1. The summed E-state index contributed by atoms with van der Waals surface area (Å²) in [4.78, 5) is 16.6. The summed E-state index contributed by atoms with van der Waals surface area (Å²) < 4.78 is 10.9. The van der Waals surface area contributed by atoms with E-state index in [1.165, 1.54) is 5.56 Å². The summed E-state index contributed by atoms with van der Waals surface area (Å²) >= 11 is 0. The highest BCUT2D eigenvalue weighted by atomic mass is 16.5. The third-order valence-electron chi connectivity index (χ3n) is 4.62. The van der Waals surface area contributed by atoms with E-state index >= 15 is 0 Å².